The molecule has 0 aliphatic heterocycles. The van der Waals surface area contributed by atoms with E-state index >= 15 is 0 Å². The van der Waals surface area contributed by atoms with Gasteiger partial charge in [0.25, 0.3) is 0 Å². The second-order valence-corrected chi connectivity index (χ2v) is 5.04. The number of alkyl halides is 1. The van der Waals surface area contributed by atoms with E-state index in [9.17, 15) is 13.6 Å². The van der Waals surface area contributed by atoms with E-state index in [2.05, 4.69) is 5.32 Å². The fourth-order valence-electron chi connectivity index (χ4n) is 2.18. The molecular formula is C13H14ClF2NO3. The number of carboxylic acid groups (broad SMARTS) is 1. The number of hydrogen-bond donors (Lipinski definition) is 2. The zero-order valence-corrected chi connectivity index (χ0v) is 11.3. The highest BCUT2D eigenvalue weighted by Crippen LogP contribution is 2.50. The van der Waals surface area contributed by atoms with Crippen molar-refractivity contribution in [1.29, 1.82) is 0 Å². The summed E-state index contributed by atoms with van der Waals surface area (Å²) in [5.41, 5.74) is 0.696. The molecule has 1 aliphatic rings. The lowest BCUT2D eigenvalue weighted by Gasteiger charge is -2.11. The molecule has 110 valence electrons. The van der Waals surface area contributed by atoms with Crippen molar-refractivity contribution in [1.82, 2.24) is 5.32 Å². The highest BCUT2D eigenvalue weighted by atomic mass is 35.5. The first-order valence-corrected chi connectivity index (χ1v) is 6.55. The van der Waals surface area contributed by atoms with Crippen LogP contribution < -0.4 is 10.1 Å². The van der Waals surface area contributed by atoms with Gasteiger partial charge in [-0.05, 0) is 29.9 Å². The molecule has 1 amide bonds. The molecule has 0 heterocycles. The topological polar surface area (TPSA) is 58.6 Å². The van der Waals surface area contributed by atoms with Gasteiger partial charge < -0.3 is 15.2 Å². The van der Waals surface area contributed by atoms with Crippen molar-refractivity contribution in [3.05, 3.63) is 28.5 Å². The highest BCUT2D eigenvalue weighted by molar-refractivity contribution is 6.30. The van der Waals surface area contributed by atoms with E-state index in [0.29, 0.717) is 12.1 Å². The van der Waals surface area contributed by atoms with Crippen LogP contribution >= 0.6 is 11.6 Å². The maximum absolute atomic E-state index is 13.4. The second-order valence-electron chi connectivity index (χ2n) is 4.63. The Morgan fingerprint density at radius 1 is 1.55 bits per heavy atom. The number of amides is 1. The summed E-state index contributed by atoms with van der Waals surface area (Å²) in [5.74, 6) is -0.174. The van der Waals surface area contributed by atoms with Crippen LogP contribution in [0, 0.1) is 11.7 Å². The molecule has 1 aromatic rings. The van der Waals surface area contributed by atoms with E-state index in [1.54, 1.807) is 0 Å². The van der Waals surface area contributed by atoms with Gasteiger partial charge >= 0.3 is 6.09 Å². The maximum Gasteiger partial charge on any atom is 0.404 e. The summed E-state index contributed by atoms with van der Waals surface area (Å²) in [5, 5.41) is 10.8. The molecule has 0 aromatic heterocycles. The summed E-state index contributed by atoms with van der Waals surface area (Å²) in [6.07, 6.45) is -0.324. The summed E-state index contributed by atoms with van der Waals surface area (Å²) in [4.78, 5) is 10.4. The Morgan fingerprint density at radius 3 is 2.95 bits per heavy atom. The fraction of sp³-hybridized carbons (Fsp3) is 0.462. The van der Waals surface area contributed by atoms with Crippen molar-refractivity contribution in [2.75, 3.05) is 19.8 Å². The Labute approximate surface area is 119 Å². The Bertz CT molecular complexity index is 513. The molecule has 1 aromatic carbocycles. The third-order valence-electron chi connectivity index (χ3n) is 3.22. The SMILES string of the molecule is O=C(O)NCC1CC1c1cc(Cl)c(F)cc1OCCF. The van der Waals surface area contributed by atoms with E-state index < -0.39 is 18.6 Å². The van der Waals surface area contributed by atoms with Gasteiger partial charge in [0, 0.05) is 12.6 Å². The Hall–Kier alpha value is -1.56. The van der Waals surface area contributed by atoms with Gasteiger partial charge in [0.15, 0.2) is 0 Å². The molecule has 1 aliphatic carbocycles. The van der Waals surface area contributed by atoms with E-state index in [1.165, 1.54) is 6.07 Å². The number of benzene rings is 1. The van der Waals surface area contributed by atoms with E-state index in [1.807, 2.05) is 0 Å². The van der Waals surface area contributed by atoms with Crippen LogP contribution in [0.2, 0.25) is 5.02 Å². The van der Waals surface area contributed by atoms with Crippen molar-refractivity contribution in [2.24, 2.45) is 5.92 Å². The van der Waals surface area contributed by atoms with Gasteiger partial charge in [-0.1, -0.05) is 11.6 Å². The minimum atomic E-state index is -1.08. The molecule has 20 heavy (non-hydrogen) atoms. The summed E-state index contributed by atoms with van der Waals surface area (Å²) in [6, 6.07) is 2.61. The largest absolute Gasteiger partial charge is 0.490 e. The quantitative estimate of drug-likeness (QED) is 0.848. The van der Waals surface area contributed by atoms with E-state index in [4.69, 9.17) is 21.4 Å². The van der Waals surface area contributed by atoms with Crippen LogP contribution in [-0.4, -0.2) is 31.0 Å². The third kappa shape index (κ3) is 3.50. The lowest BCUT2D eigenvalue weighted by atomic mass is 10.1. The molecule has 2 unspecified atom stereocenters. The number of ether oxygens (including phenoxy) is 1. The second kappa shape index (κ2) is 6.26. The number of hydrogen-bond acceptors (Lipinski definition) is 2. The fourth-order valence-corrected chi connectivity index (χ4v) is 2.35. The highest BCUT2D eigenvalue weighted by Gasteiger charge is 2.40. The van der Waals surface area contributed by atoms with Gasteiger partial charge in [-0.15, -0.1) is 0 Å². The predicted octanol–water partition coefficient (Wildman–Crippen LogP) is 3.20. The number of nitrogens with one attached hydrogen (secondary N) is 1. The Kier molecular flexibility index (Phi) is 4.65. The van der Waals surface area contributed by atoms with Crippen molar-refractivity contribution in [2.45, 2.75) is 12.3 Å². The molecule has 2 atom stereocenters. The van der Waals surface area contributed by atoms with Crippen molar-refractivity contribution in [3.8, 4) is 5.75 Å². The van der Waals surface area contributed by atoms with Crippen LogP contribution in [-0.2, 0) is 0 Å². The third-order valence-corrected chi connectivity index (χ3v) is 3.51. The molecule has 7 heteroatoms. The molecule has 0 radical (unpaired) electrons. The lowest BCUT2D eigenvalue weighted by Crippen LogP contribution is -2.23. The van der Waals surface area contributed by atoms with Crippen molar-refractivity contribution in [3.63, 3.8) is 0 Å². The molecule has 4 nitrogen and oxygen atoms in total. The van der Waals surface area contributed by atoms with Crippen molar-refractivity contribution >= 4 is 17.7 Å². The Balaban J connectivity index is 2.10. The van der Waals surface area contributed by atoms with E-state index in [0.717, 1.165) is 12.5 Å². The van der Waals surface area contributed by atoms with Crippen LogP contribution in [0.3, 0.4) is 0 Å². The van der Waals surface area contributed by atoms with Crippen LogP contribution in [0.4, 0.5) is 13.6 Å². The van der Waals surface area contributed by atoms with Crippen LogP contribution in [0.5, 0.6) is 5.75 Å². The van der Waals surface area contributed by atoms with Crippen LogP contribution in [0.15, 0.2) is 12.1 Å². The van der Waals surface area contributed by atoms with Gasteiger partial charge in [0.05, 0.1) is 5.02 Å². The van der Waals surface area contributed by atoms with Gasteiger partial charge in [0.2, 0.25) is 0 Å². The maximum atomic E-state index is 13.4. The molecular weight excluding hydrogens is 292 g/mol. The number of rotatable bonds is 6. The number of halogens is 3. The molecule has 0 spiro atoms. The summed E-state index contributed by atoms with van der Waals surface area (Å²) < 4.78 is 30.8. The lowest BCUT2D eigenvalue weighted by molar-refractivity contribution is 0.194. The first-order chi connectivity index (χ1) is 9.52. The monoisotopic (exact) mass is 305 g/mol. The average molecular weight is 306 g/mol. The summed E-state index contributed by atoms with van der Waals surface area (Å²) in [6.45, 7) is -0.505. The number of carbonyl (C=O) groups is 1. The van der Waals surface area contributed by atoms with Crippen LogP contribution in [0.1, 0.15) is 17.9 Å². The van der Waals surface area contributed by atoms with E-state index in [-0.39, 0.29) is 29.2 Å². The minimum Gasteiger partial charge on any atom is -0.490 e. The van der Waals surface area contributed by atoms with Crippen molar-refractivity contribution < 1.29 is 23.4 Å². The van der Waals surface area contributed by atoms with Gasteiger partial charge in [-0.3, -0.25) is 0 Å². The zero-order chi connectivity index (χ0) is 14.7. The molecule has 1 saturated carbocycles. The summed E-state index contributed by atoms with van der Waals surface area (Å²) in [7, 11) is 0. The van der Waals surface area contributed by atoms with Gasteiger partial charge in [-0.25, -0.2) is 13.6 Å². The standard InChI is InChI=1S/C13H14ClF2NO3/c14-10-4-9(8-3-7(8)6-17-13(18)19)12(5-11(10)16)20-2-1-15/h4-5,7-8,17H,1-3,6H2,(H,18,19). The van der Waals surface area contributed by atoms with Gasteiger partial charge in [-0.2, -0.15) is 0 Å². The molecule has 2 rings (SSSR count). The zero-order valence-electron chi connectivity index (χ0n) is 10.5. The smallest absolute Gasteiger partial charge is 0.404 e. The van der Waals surface area contributed by atoms with Gasteiger partial charge in [0.1, 0.15) is 24.8 Å². The Morgan fingerprint density at radius 2 is 2.30 bits per heavy atom. The average Bonchev–Trinajstić information content (AvgIpc) is 3.16. The first kappa shape index (κ1) is 14.8. The first-order valence-electron chi connectivity index (χ1n) is 6.17. The molecule has 2 N–H and O–H groups in total. The minimum absolute atomic E-state index is 0.0237. The molecule has 1 fully saturated rings. The molecule has 0 saturated heterocycles. The molecule has 0 bridgehead atoms. The summed E-state index contributed by atoms with van der Waals surface area (Å²) >= 11 is 5.75. The van der Waals surface area contributed by atoms with Crippen LogP contribution in [0.25, 0.3) is 0 Å². The normalized spacial score (nSPS) is 20.6. The predicted molar refractivity (Wildman–Crippen MR) is 69.8 cm³/mol.